The van der Waals surface area contributed by atoms with Crippen molar-refractivity contribution >= 4 is 48.5 Å². The second-order valence-corrected chi connectivity index (χ2v) is 14.4. The zero-order valence-electron chi connectivity index (χ0n) is 26.1. The minimum atomic E-state index is -1.44. The Morgan fingerprint density at radius 1 is 0.957 bits per heavy atom. The van der Waals surface area contributed by atoms with Crippen LogP contribution in [0.15, 0.2) is 110 Å². The van der Waals surface area contributed by atoms with Crippen molar-refractivity contribution in [3.05, 3.63) is 132 Å². The fraction of sp³-hybridized carbons (Fsp3) is 0.132. The van der Waals surface area contributed by atoms with E-state index in [2.05, 4.69) is 85.7 Å². The average molecular weight is 629 g/mol. The summed E-state index contributed by atoms with van der Waals surface area (Å²) in [6.07, 6.45) is 13.5. The molecular weight excluding hydrogens is 592 g/mol. The molecule has 4 aromatic heterocycles. The summed E-state index contributed by atoms with van der Waals surface area (Å²) in [7, 11) is -1.44. The third kappa shape index (κ3) is 6.93. The molecule has 0 radical (unpaired) electrons. The summed E-state index contributed by atoms with van der Waals surface area (Å²) in [6.45, 7) is 6.55. The number of rotatable bonds is 11. The number of nitrogens with one attached hydrogen (secondary N) is 3. The number of aryl methyl sites for hydroxylation is 1. The van der Waals surface area contributed by atoms with Gasteiger partial charge >= 0.3 is 0 Å². The number of hydrogen-bond acceptors (Lipinski definition) is 4. The van der Waals surface area contributed by atoms with E-state index in [1.807, 2.05) is 49.7 Å². The van der Waals surface area contributed by atoms with Crippen LogP contribution in [0.25, 0.3) is 50.0 Å². The summed E-state index contributed by atoms with van der Waals surface area (Å²) >= 11 is 0. The molecule has 46 heavy (non-hydrogen) atoms. The predicted octanol–water partition coefficient (Wildman–Crippen LogP) is 8.76. The highest BCUT2D eigenvalue weighted by Crippen LogP contribution is 2.34. The van der Waals surface area contributed by atoms with Gasteiger partial charge in [0.05, 0.1) is 28.8 Å². The van der Waals surface area contributed by atoms with Crippen LogP contribution >= 0.6 is 9.39 Å². The molecule has 0 atom stereocenters. The summed E-state index contributed by atoms with van der Waals surface area (Å²) in [5.74, 6) is 7.80. The normalized spacial score (nSPS) is 12.7. The van der Waals surface area contributed by atoms with Gasteiger partial charge in [0.25, 0.3) is 0 Å². The molecule has 8 heteroatoms. The summed E-state index contributed by atoms with van der Waals surface area (Å²) in [6, 6.07) is 21.5. The molecule has 6 rings (SSSR count). The maximum Gasteiger partial charge on any atom is 0.124 e. The van der Waals surface area contributed by atoms with Gasteiger partial charge in [-0.25, -0.2) is 4.39 Å². The van der Waals surface area contributed by atoms with Gasteiger partial charge in [0, 0.05) is 34.6 Å². The van der Waals surface area contributed by atoms with Crippen LogP contribution in [0.5, 0.6) is 0 Å². The first-order valence-electron chi connectivity index (χ1n) is 15.1. The molecule has 0 amide bonds. The number of allylic oxidation sites excluding steroid dienone is 5. The van der Waals surface area contributed by atoms with Gasteiger partial charge < -0.3 is 4.98 Å². The van der Waals surface area contributed by atoms with Gasteiger partial charge in [-0.2, -0.15) is 14.5 Å². The lowest BCUT2D eigenvalue weighted by molar-refractivity contribution is 0.625. The van der Waals surface area contributed by atoms with Crippen molar-refractivity contribution in [3.63, 3.8) is 0 Å². The van der Waals surface area contributed by atoms with Gasteiger partial charge in [-0.3, -0.25) is 19.8 Å². The highest BCUT2D eigenvalue weighted by atomic mass is 32.2. The van der Waals surface area contributed by atoms with E-state index in [1.54, 1.807) is 6.20 Å². The molecule has 0 saturated carbocycles. The number of benzene rings is 2. The SMILES string of the molecule is C=C/C(=C\C(=C/C)c1cc2c(-c3cc4c(-c5cc(F)cc(CNS(=C)(=C)C)c5)nccc4[nH]3)n[nH]c2cn1)CCc1ccccc1. The topological polar surface area (TPSA) is 82.3 Å². The first-order chi connectivity index (χ1) is 22.2. The van der Waals surface area contributed by atoms with E-state index < -0.39 is 9.39 Å². The molecule has 0 spiro atoms. The summed E-state index contributed by atoms with van der Waals surface area (Å²) < 4.78 is 18.1. The predicted molar refractivity (Wildman–Crippen MR) is 196 cm³/mol. The number of hydrogen-bond donors (Lipinski definition) is 3. The Labute approximate surface area is 269 Å². The Kier molecular flexibility index (Phi) is 8.83. The highest BCUT2D eigenvalue weighted by Gasteiger charge is 2.16. The second-order valence-electron chi connectivity index (χ2n) is 11.6. The number of aromatic amines is 2. The van der Waals surface area contributed by atoms with Crippen LogP contribution in [0.4, 0.5) is 4.39 Å². The standard InChI is InChI=1S/C38H37FN6S/c1-6-25(13-14-26-11-9-8-10-12-26)17-28(7-2)34-21-32-36(24-41-34)44-45-38(32)35-22-31-33(43-35)15-16-40-37(31)29-18-27(19-30(39)20-29)23-42-46(3,4)5/h6-12,15-22,24,42-43H,1,3-4,13-14,23H2,2,5H3,(H,44,45)/b25-17+,28-7+. The zero-order valence-corrected chi connectivity index (χ0v) is 26.9. The van der Waals surface area contributed by atoms with Gasteiger partial charge in [0.2, 0.25) is 0 Å². The van der Waals surface area contributed by atoms with Crippen LogP contribution in [-0.2, 0) is 13.0 Å². The van der Waals surface area contributed by atoms with Gasteiger partial charge in [-0.05, 0) is 90.8 Å². The number of fused-ring (bicyclic) bond motifs is 2. The number of nitrogens with zero attached hydrogens (tertiary/aromatic N) is 3. The monoisotopic (exact) mass is 628 g/mol. The van der Waals surface area contributed by atoms with Crippen molar-refractivity contribution in [2.24, 2.45) is 0 Å². The molecule has 0 unspecified atom stereocenters. The lowest BCUT2D eigenvalue weighted by Gasteiger charge is -2.12. The molecule has 0 saturated heterocycles. The van der Waals surface area contributed by atoms with E-state index in [-0.39, 0.29) is 5.82 Å². The van der Waals surface area contributed by atoms with Crippen molar-refractivity contribution < 1.29 is 4.39 Å². The first-order valence-corrected chi connectivity index (χ1v) is 17.4. The zero-order chi connectivity index (χ0) is 32.3. The molecular formula is C38H37FN6S. The Balaban J connectivity index is 1.33. The fourth-order valence-corrected chi connectivity index (χ4v) is 6.02. The van der Waals surface area contributed by atoms with Crippen LogP contribution in [-0.4, -0.2) is 43.1 Å². The van der Waals surface area contributed by atoms with E-state index in [4.69, 9.17) is 4.98 Å². The summed E-state index contributed by atoms with van der Waals surface area (Å²) in [4.78, 5) is 12.9. The smallest absolute Gasteiger partial charge is 0.124 e. The third-order valence-corrected chi connectivity index (χ3v) is 8.70. The summed E-state index contributed by atoms with van der Waals surface area (Å²) in [5, 5.41) is 9.61. The molecule has 0 bridgehead atoms. The maximum atomic E-state index is 14.8. The van der Waals surface area contributed by atoms with E-state index in [9.17, 15) is 4.39 Å². The van der Waals surface area contributed by atoms with Crippen LogP contribution in [0.1, 0.15) is 30.2 Å². The summed E-state index contributed by atoms with van der Waals surface area (Å²) in [5.41, 5.74) is 9.80. The van der Waals surface area contributed by atoms with Crippen molar-refractivity contribution in [3.8, 4) is 22.6 Å². The van der Waals surface area contributed by atoms with Gasteiger partial charge in [-0.1, -0.05) is 60.8 Å². The largest absolute Gasteiger partial charge is 0.353 e. The molecule has 0 aliphatic rings. The van der Waals surface area contributed by atoms with Gasteiger partial charge in [0.1, 0.15) is 11.5 Å². The van der Waals surface area contributed by atoms with E-state index in [0.29, 0.717) is 17.8 Å². The Morgan fingerprint density at radius 3 is 2.52 bits per heavy atom. The lowest BCUT2D eigenvalue weighted by atomic mass is 10.0. The number of H-pyrrole nitrogens is 2. The highest BCUT2D eigenvalue weighted by molar-refractivity contribution is 8.25. The van der Waals surface area contributed by atoms with E-state index in [0.717, 1.165) is 68.4 Å². The molecule has 0 aliphatic heterocycles. The van der Waals surface area contributed by atoms with Crippen molar-refractivity contribution in [1.29, 1.82) is 0 Å². The molecule has 3 N–H and O–H groups in total. The Hall–Kier alpha value is -5.05. The minimum Gasteiger partial charge on any atom is -0.353 e. The molecule has 4 heterocycles. The minimum absolute atomic E-state index is 0.319. The second kappa shape index (κ2) is 13.1. The molecule has 0 aliphatic carbocycles. The van der Waals surface area contributed by atoms with Crippen molar-refractivity contribution in [2.75, 3.05) is 6.26 Å². The number of halogens is 1. The van der Waals surface area contributed by atoms with Gasteiger partial charge in [0.15, 0.2) is 0 Å². The quantitative estimate of drug-likeness (QED) is 0.0990. The average Bonchev–Trinajstić information content (AvgIpc) is 3.68. The lowest BCUT2D eigenvalue weighted by Crippen LogP contribution is -2.08. The van der Waals surface area contributed by atoms with Crippen molar-refractivity contribution in [2.45, 2.75) is 26.3 Å². The van der Waals surface area contributed by atoms with Crippen LogP contribution in [0, 0.1) is 5.82 Å². The Morgan fingerprint density at radius 2 is 1.76 bits per heavy atom. The van der Waals surface area contributed by atoms with Crippen LogP contribution in [0.2, 0.25) is 0 Å². The number of pyridine rings is 2. The number of aromatic nitrogens is 5. The molecule has 6 aromatic rings. The van der Waals surface area contributed by atoms with Crippen molar-refractivity contribution in [1.82, 2.24) is 29.9 Å². The van der Waals surface area contributed by atoms with Crippen LogP contribution < -0.4 is 4.72 Å². The fourth-order valence-electron chi connectivity index (χ4n) is 5.51. The molecule has 6 nitrogen and oxygen atoms in total. The van der Waals surface area contributed by atoms with E-state index in [1.165, 1.54) is 17.7 Å². The molecule has 0 fully saturated rings. The molecule has 2 aromatic carbocycles. The van der Waals surface area contributed by atoms with Gasteiger partial charge in [-0.15, -0.1) is 0 Å². The van der Waals surface area contributed by atoms with Crippen LogP contribution in [0.3, 0.4) is 0 Å². The third-order valence-electron chi connectivity index (χ3n) is 7.86. The Bertz CT molecular complexity index is 2220. The maximum absolute atomic E-state index is 14.8. The molecule has 232 valence electrons. The first kappa shape index (κ1) is 31.0. The van der Waals surface area contributed by atoms with E-state index >= 15 is 0 Å².